The topological polar surface area (TPSA) is 18.5 Å². The molecule has 32 heavy (non-hydrogen) atoms. The van der Waals surface area contributed by atoms with Crippen LogP contribution >= 0.6 is 0 Å². The number of hydrogen-bond donors (Lipinski definition) is 0. The third kappa shape index (κ3) is 6.40. The molecule has 0 bridgehead atoms. The van der Waals surface area contributed by atoms with E-state index in [1.807, 2.05) is 0 Å². The fourth-order valence-corrected chi connectivity index (χ4v) is 4.54. The van der Waals surface area contributed by atoms with Gasteiger partial charge in [-0.2, -0.15) is 0 Å². The average molecular weight is 435 g/mol. The van der Waals surface area contributed by atoms with E-state index in [0.29, 0.717) is 0 Å². The molecular weight excluding hydrogens is 392 g/mol. The van der Waals surface area contributed by atoms with Crippen LogP contribution in [0.5, 0.6) is 11.5 Å². The van der Waals surface area contributed by atoms with Gasteiger partial charge >= 0.3 is 0 Å². The molecule has 2 unspecified atom stereocenters. The van der Waals surface area contributed by atoms with E-state index in [4.69, 9.17) is 9.47 Å². The van der Waals surface area contributed by atoms with Gasteiger partial charge in [0.1, 0.15) is 11.5 Å². The molecule has 0 fully saturated rings. The normalized spacial score (nSPS) is 13.4. The van der Waals surface area contributed by atoms with E-state index in [0.717, 1.165) is 45.9 Å². The van der Waals surface area contributed by atoms with E-state index in [9.17, 15) is 0 Å². The van der Waals surface area contributed by atoms with Crippen molar-refractivity contribution in [1.29, 1.82) is 0 Å². The first-order valence-electron chi connectivity index (χ1n) is 12.9. The maximum absolute atomic E-state index is 6.62. The zero-order valence-electron chi connectivity index (χ0n) is 20.7. The molecule has 174 valence electrons. The lowest BCUT2D eigenvalue weighted by Gasteiger charge is -2.23. The number of hydrogen-bond acceptors (Lipinski definition) is 2. The minimum atomic E-state index is 0.197. The predicted molar refractivity (Wildman–Crippen MR) is 139 cm³/mol. The number of unbranched alkanes of at least 4 members (excludes halogenated alkanes) is 6. The van der Waals surface area contributed by atoms with Crippen LogP contribution in [0.2, 0.25) is 0 Å². The van der Waals surface area contributed by atoms with E-state index in [-0.39, 0.29) is 12.2 Å². The van der Waals surface area contributed by atoms with Gasteiger partial charge in [-0.25, -0.2) is 0 Å². The number of fused-ring (bicyclic) bond motifs is 2. The van der Waals surface area contributed by atoms with Crippen molar-refractivity contribution in [3.05, 3.63) is 48.5 Å². The molecule has 0 aromatic heterocycles. The average Bonchev–Trinajstić information content (AvgIpc) is 2.81. The van der Waals surface area contributed by atoms with E-state index in [2.05, 4.69) is 76.2 Å². The lowest BCUT2D eigenvalue weighted by molar-refractivity contribution is 0.207. The van der Waals surface area contributed by atoms with Crippen molar-refractivity contribution < 1.29 is 9.47 Å². The molecule has 0 heterocycles. The summed E-state index contributed by atoms with van der Waals surface area (Å²) in [6.45, 7) is 8.93. The van der Waals surface area contributed by atoms with Gasteiger partial charge in [0.25, 0.3) is 0 Å². The summed E-state index contributed by atoms with van der Waals surface area (Å²) in [6, 6.07) is 17.1. The number of rotatable bonds is 14. The molecular formula is C30H42O2. The van der Waals surface area contributed by atoms with Crippen LogP contribution in [0, 0.1) is 0 Å². The molecule has 2 atom stereocenters. The highest BCUT2D eigenvalue weighted by Gasteiger charge is 2.18. The Morgan fingerprint density at radius 1 is 0.531 bits per heavy atom. The second-order valence-corrected chi connectivity index (χ2v) is 9.31. The molecule has 0 aliphatic carbocycles. The van der Waals surface area contributed by atoms with Crippen molar-refractivity contribution in [3.8, 4) is 11.5 Å². The second-order valence-electron chi connectivity index (χ2n) is 9.31. The standard InChI is InChI=1S/C30H42O2/c1-5-7-9-11-17-23(3)31-29-25-19-13-15-21-27(25)30(28-22-16-14-20-26(28)29)32-24(4)18-12-10-8-6-2/h13-16,19-24H,5-12,17-18H2,1-4H3. The van der Waals surface area contributed by atoms with Gasteiger partial charge in [-0.3, -0.25) is 0 Å². The van der Waals surface area contributed by atoms with Crippen LogP contribution in [0.1, 0.15) is 91.9 Å². The number of benzene rings is 3. The van der Waals surface area contributed by atoms with Gasteiger partial charge in [0, 0.05) is 21.5 Å². The zero-order valence-corrected chi connectivity index (χ0v) is 20.7. The largest absolute Gasteiger partial charge is 0.489 e. The maximum atomic E-state index is 6.62. The zero-order chi connectivity index (χ0) is 22.8. The van der Waals surface area contributed by atoms with Gasteiger partial charge < -0.3 is 9.47 Å². The fraction of sp³-hybridized carbons (Fsp3) is 0.533. The Morgan fingerprint density at radius 3 is 1.19 bits per heavy atom. The molecule has 3 rings (SSSR count). The van der Waals surface area contributed by atoms with Gasteiger partial charge in [-0.1, -0.05) is 101 Å². The minimum absolute atomic E-state index is 0.197. The lowest BCUT2D eigenvalue weighted by Crippen LogP contribution is -2.14. The molecule has 0 spiro atoms. The van der Waals surface area contributed by atoms with Gasteiger partial charge in [0.05, 0.1) is 12.2 Å². The van der Waals surface area contributed by atoms with Crippen molar-refractivity contribution in [3.63, 3.8) is 0 Å². The molecule has 2 nitrogen and oxygen atoms in total. The Morgan fingerprint density at radius 2 is 0.875 bits per heavy atom. The Kier molecular flexibility index (Phi) is 9.71. The predicted octanol–water partition coefficient (Wildman–Crippen LogP) is 9.47. The summed E-state index contributed by atoms with van der Waals surface area (Å²) in [5.41, 5.74) is 0. The third-order valence-corrected chi connectivity index (χ3v) is 6.40. The van der Waals surface area contributed by atoms with Crippen molar-refractivity contribution in [2.45, 2.75) is 104 Å². The molecule has 0 aliphatic rings. The Balaban J connectivity index is 1.90. The van der Waals surface area contributed by atoms with Crippen LogP contribution < -0.4 is 9.47 Å². The van der Waals surface area contributed by atoms with E-state index in [1.165, 1.54) is 51.4 Å². The first kappa shape index (κ1) is 24.4. The first-order valence-corrected chi connectivity index (χ1v) is 12.9. The summed E-state index contributed by atoms with van der Waals surface area (Å²) in [5.74, 6) is 2.00. The smallest absolute Gasteiger partial charge is 0.135 e. The van der Waals surface area contributed by atoms with Crippen LogP contribution in [0.4, 0.5) is 0 Å². The van der Waals surface area contributed by atoms with Crippen LogP contribution in [0.3, 0.4) is 0 Å². The van der Waals surface area contributed by atoms with Crippen molar-refractivity contribution >= 4 is 21.5 Å². The number of ether oxygens (including phenoxy) is 2. The summed E-state index contributed by atoms with van der Waals surface area (Å²) >= 11 is 0. The highest BCUT2D eigenvalue weighted by Crippen LogP contribution is 2.43. The van der Waals surface area contributed by atoms with Gasteiger partial charge in [0.15, 0.2) is 0 Å². The van der Waals surface area contributed by atoms with Crippen LogP contribution in [0.25, 0.3) is 21.5 Å². The molecule has 3 aromatic rings. The molecule has 0 saturated carbocycles. The van der Waals surface area contributed by atoms with Crippen molar-refractivity contribution in [2.24, 2.45) is 0 Å². The van der Waals surface area contributed by atoms with E-state index < -0.39 is 0 Å². The Bertz CT molecular complexity index is 827. The molecule has 0 radical (unpaired) electrons. The Labute approximate surface area is 195 Å². The summed E-state index contributed by atoms with van der Waals surface area (Å²) in [4.78, 5) is 0. The molecule has 0 amide bonds. The summed E-state index contributed by atoms with van der Waals surface area (Å²) in [6.07, 6.45) is 12.7. The molecule has 3 aromatic carbocycles. The summed E-state index contributed by atoms with van der Waals surface area (Å²) < 4.78 is 13.2. The lowest BCUT2D eigenvalue weighted by atomic mass is 10.00. The van der Waals surface area contributed by atoms with Crippen molar-refractivity contribution in [2.75, 3.05) is 0 Å². The summed E-state index contributed by atoms with van der Waals surface area (Å²) in [5, 5.41) is 4.61. The Hall–Kier alpha value is -2.22. The monoisotopic (exact) mass is 434 g/mol. The first-order chi connectivity index (χ1) is 15.7. The molecule has 0 N–H and O–H groups in total. The quantitative estimate of drug-likeness (QED) is 0.186. The second kappa shape index (κ2) is 12.7. The molecule has 2 heteroatoms. The molecule has 0 aliphatic heterocycles. The van der Waals surface area contributed by atoms with Crippen molar-refractivity contribution in [1.82, 2.24) is 0 Å². The summed E-state index contributed by atoms with van der Waals surface area (Å²) in [7, 11) is 0. The van der Waals surface area contributed by atoms with Gasteiger partial charge in [-0.15, -0.1) is 0 Å². The van der Waals surface area contributed by atoms with Crippen LogP contribution in [-0.2, 0) is 0 Å². The van der Waals surface area contributed by atoms with Gasteiger partial charge in [0.2, 0.25) is 0 Å². The van der Waals surface area contributed by atoms with Crippen LogP contribution in [-0.4, -0.2) is 12.2 Å². The minimum Gasteiger partial charge on any atom is -0.489 e. The van der Waals surface area contributed by atoms with E-state index in [1.54, 1.807) is 0 Å². The maximum Gasteiger partial charge on any atom is 0.135 e. The van der Waals surface area contributed by atoms with Crippen LogP contribution in [0.15, 0.2) is 48.5 Å². The third-order valence-electron chi connectivity index (χ3n) is 6.40. The van der Waals surface area contributed by atoms with E-state index >= 15 is 0 Å². The molecule has 0 saturated heterocycles. The fourth-order valence-electron chi connectivity index (χ4n) is 4.54. The highest BCUT2D eigenvalue weighted by molar-refractivity contribution is 6.11. The van der Waals surface area contributed by atoms with Gasteiger partial charge in [-0.05, 0) is 39.5 Å². The SMILES string of the molecule is CCCCCCC(C)Oc1c2ccccc2c(OC(C)CCCCCC)c2ccccc12. The highest BCUT2D eigenvalue weighted by atomic mass is 16.5.